The predicted molar refractivity (Wildman–Crippen MR) is 72.8 cm³/mol. The van der Waals surface area contributed by atoms with Crippen molar-refractivity contribution >= 4 is 26.6 Å². The molecule has 0 atom stereocenters. The first kappa shape index (κ1) is 13.4. The van der Waals surface area contributed by atoms with E-state index < -0.39 is 10.0 Å². The van der Waals surface area contributed by atoms with Gasteiger partial charge in [-0.15, -0.1) is 0 Å². The van der Waals surface area contributed by atoms with Crippen molar-refractivity contribution in [2.45, 2.75) is 11.3 Å². The second-order valence-corrected chi connectivity index (χ2v) is 6.21. The zero-order valence-electron chi connectivity index (χ0n) is 10.4. The second-order valence-electron chi connectivity index (χ2n) is 4.19. The molecule has 0 aliphatic rings. The molecule has 2 aromatic rings. The van der Waals surface area contributed by atoms with Crippen molar-refractivity contribution in [1.82, 2.24) is 9.29 Å². The Kier molecular flexibility index (Phi) is 3.46. The van der Waals surface area contributed by atoms with Gasteiger partial charge in [-0.3, -0.25) is 0 Å². The number of nitrogens with zero attached hydrogens (tertiary/aromatic N) is 2. The van der Waals surface area contributed by atoms with Gasteiger partial charge in [0.2, 0.25) is 10.0 Å². The average molecular weight is 278 g/mol. The summed E-state index contributed by atoms with van der Waals surface area (Å²) < 4.78 is 25.9. The summed E-state index contributed by atoms with van der Waals surface area (Å²) in [5.41, 5.74) is 6.90. The third-order valence-electron chi connectivity index (χ3n) is 2.89. The first-order valence-corrected chi connectivity index (χ1v) is 7.10. The van der Waals surface area contributed by atoms with Crippen LogP contribution in [0.1, 0.15) is 6.42 Å². The molecule has 1 aromatic heterocycles. The smallest absolute Gasteiger partial charge is 0.244 e. The van der Waals surface area contributed by atoms with E-state index >= 15 is 0 Å². The van der Waals surface area contributed by atoms with Gasteiger partial charge in [0, 0.05) is 42.8 Å². The van der Waals surface area contributed by atoms with Crippen LogP contribution in [-0.4, -0.2) is 31.3 Å². The highest BCUT2D eigenvalue weighted by atomic mass is 32.2. The molecule has 0 aliphatic carbocycles. The molecule has 0 saturated carbocycles. The van der Waals surface area contributed by atoms with Crippen LogP contribution >= 0.6 is 0 Å². The number of hydrogen-bond acceptors (Lipinski definition) is 4. The number of nitrogens with two attached hydrogens (primary N) is 1. The van der Waals surface area contributed by atoms with Gasteiger partial charge in [0.25, 0.3) is 0 Å². The van der Waals surface area contributed by atoms with E-state index in [0.717, 1.165) is 0 Å². The second kappa shape index (κ2) is 4.91. The van der Waals surface area contributed by atoms with Crippen LogP contribution in [0.25, 0.3) is 10.9 Å². The number of nitriles is 1. The number of sulfonamides is 1. The maximum Gasteiger partial charge on any atom is 0.244 e. The summed E-state index contributed by atoms with van der Waals surface area (Å²) in [6.45, 7) is 0.161. The Bertz CT molecular complexity index is 743. The van der Waals surface area contributed by atoms with Gasteiger partial charge in [0.15, 0.2) is 0 Å². The zero-order valence-corrected chi connectivity index (χ0v) is 11.2. The lowest BCUT2D eigenvalue weighted by atomic mass is 10.2. The molecule has 3 N–H and O–H groups in total. The van der Waals surface area contributed by atoms with Gasteiger partial charge in [0.05, 0.1) is 6.07 Å². The van der Waals surface area contributed by atoms with Gasteiger partial charge < -0.3 is 10.7 Å². The number of fused-ring (bicyclic) bond motifs is 1. The summed E-state index contributed by atoms with van der Waals surface area (Å²) in [5, 5.41) is 9.08. The molecular formula is C12H14N4O2S. The van der Waals surface area contributed by atoms with E-state index in [0.29, 0.717) is 16.6 Å². The maximum absolute atomic E-state index is 12.4. The lowest BCUT2D eigenvalue weighted by Crippen LogP contribution is -2.27. The van der Waals surface area contributed by atoms with Crippen LogP contribution in [0.5, 0.6) is 0 Å². The topological polar surface area (TPSA) is 103 Å². The molecule has 19 heavy (non-hydrogen) atoms. The number of aromatic nitrogens is 1. The fourth-order valence-electron chi connectivity index (χ4n) is 1.82. The van der Waals surface area contributed by atoms with Crippen molar-refractivity contribution < 1.29 is 8.42 Å². The molecule has 0 aliphatic heterocycles. The van der Waals surface area contributed by atoms with Crippen molar-refractivity contribution in [3.05, 3.63) is 24.4 Å². The van der Waals surface area contributed by atoms with E-state index in [-0.39, 0.29) is 17.9 Å². The molecule has 0 saturated heterocycles. The van der Waals surface area contributed by atoms with Crippen LogP contribution in [0.3, 0.4) is 0 Å². The van der Waals surface area contributed by atoms with Crippen LogP contribution in [0.15, 0.2) is 29.3 Å². The van der Waals surface area contributed by atoms with Crippen LogP contribution in [-0.2, 0) is 10.0 Å². The third kappa shape index (κ3) is 2.41. The molecule has 0 fully saturated rings. The first-order valence-electron chi connectivity index (χ1n) is 5.66. The molecule has 0 bridgehead atoms. The Morgan fingerprint density at radius 3 is 2.89 bits per heavy atom. The summed E-state index contributed by atoms with van der Waals surface area (Å²) in [6, 6.07) is 6.99. The van der Waals surface area contributed by atoms with Crippen molar-refractivity contribution in [3.63, 3.8) is 0 Å². The van der Waals surface area contributed by atoms with E-state index in [1.807, 2.05) is 6.07 Å². The van der Waals surface area contributed by atoms with Crippen molar-refractivity contribution in [3.8, 4) is 6.07 Å². The van der Waals surface area contributed by atoms with Gasteiger partial charge in [0.1, 0.15) is 4.90 Å². The molecular weight excluding hydrogens is 264 g/mol. The molecule has 100 valence electrons. The maximum atomic E-state index is 12.4. The minimum Gasteiger partial charge on any atom is -0.399 e. The van der Waals surface area contributed by atoms with Crippen molar-refractivity contribution in [2.75, 3.05) is 19.3 Å². The SMILES string of the molecule is CN(CCC#N)S(=O)(=O)c1c[nH]c2ccc(N)cc12. The molecule has 6 nitrogen and oxygen atoms in total. The molecule has 0 amide bonds. The fourth-order valence-corrected chi connectivity index (χ4v) is 3.14. The summed E-state index contributed by atoms with van der Waals surface area (Å²) in [7, 11) is -2.16. The van der Waals surface area contributed by atoms with E-state index in [1.165, 1.54) is 17.5 Å². The first-order chi connectivity index (χ1) is 8.96. The van der Waals surface area contributed by atoms with E-state index in [1.54, 1.807) is 18.2 Å². The lowest BCUT2D eigenvalue weighted by Gasteiger charge is -2.14. The quantitative estimate of drug-likeness (QED) is 0.822. The Balaban J connectivity index is 2.49. The Morgan fingerprint density at radius 2 is 2.21 bits per heavy atom. The van der Waals surface area contributed by atoms with Crippen LogP contribution in [0, 0.1) is 11.3 Å². The number of aromatic amines is 1. The predicted octanol–water partition coefficient (Wildman–Crippen LogP) is 1.28. The van der Waals surface area contributed by atoms with Gasteiger partial charge >= 0.3 is 0 Å². The highest BCUT2D eigenvalue weighted by molar-refractivity contribution is 7.89. The Morgan fingerprint density at radius 1 is 1.47 bits per heavy atom. The number of benzene rings is 1. The fraction of sp³-hybridized carbons (Fsp3) is 0.250. The number of H-pyrrole nitrogens is 1. The van der Waals surface area contributed by atoms with Crippen LogP contribution < -0.4 is 5.73 Å². The summed E-state index contributed by atoms with van der Waals surface area (Å²) >= 11 is 0. The van der Waals surface area contributed by atoms with E-state index in [4.69, 9.17) is 11.0 Å². The lowest BCUT2D eigenvalue weighted by molar-refractivity contribution is 0.477. The van der Waals surface area contributed by atoms with Crippen LogP contribution in [0.4, 0.5) is 5.69 Å². The molecule has 1 aromatic carbocycles. The number of rotatable bonds is 4. The molecule has 7 heteroatoms. The molecule has 0 spiro atoms. The highest BCUT2D eigenvalue weighted by Crippen LogP contribution is 2.26. The van der Waals surface area contributed by atoms with Crippen LogP contribution in [0.2, 0.25) is 0 Å². The normalized spacial score (nSPS) is 11.8. The van der Waals surface area contributed by atoms with Gasteiger partial charge in [-0.2, -0.15) is 9.57 Å². The minimum atomic E-state index is -3.62. The average Bonchev–Trinajstić information content (AvgIpc) is 2.79. The monoisotopic (exact) mass is 278 g/mol. The minimum absolute atomic E-state index is 0.153. The summed E-state index contributed by atoms with van der Waals surface area (Å²) in [4.78, 5) is 3.08. The molecule has 0 unspecified atom stereocenters. The number of nitrogens with one attached hydrogen (secondary N) is 1. The van der Waals surface area contributed by atoms with Crippen molar-refractivity contribution in [2.24, 2.45) is 0 Å². The van der Waals surface area contributed by atoms with Gasteiger partial charge in [-0.1, -0.05) is 0 Å². The number of anilines is 1. The highest BCUT2D eigenvalue weighted by Gasteiger charge is 2.23. The number of hydrogen-bond donors (Lipinski definition) is 2. The Hall–Kier alpha value is -2.04. The van der Waals surface area contributed by atoms with E-state index in [2.05, 4.69) is 4.98 Å². The number of nitrogen functional groups attached to an aromatic ring is 1. The molecule has 2 rings (SSSR count). The van der Waals surface area contributed by atoms with Gasteiger partial charge in [-0.25, -0.2) is 8.42 Å². The summed E-state index contributed by atoms with van der Waals surface area (Å²) in [5.74, 6) is 0. The Labute approximate surface area is 111 Å². The molecule has 1 heterocycles. The standard InChI is InChI=1S/C12H14N4O2S/c1-16(6-2-5-13)19(17,18)12-8-15-11-4-3-9(14)7-10(11)12/h3-4,7-8,15H,2,6,14H2,1H3. The molecule has 0 radical (unpaired) electrons. The summed E-state index contributed by atoms with van der Waals surface area (Å²) in [6.07, 6.45) is 1.60. The third-order valence-corrected chi connectivity index (χ3v) is 4.79. The largest absolute Gasteiger partial charge is 0.399 e. The zero-order chi connectivity index (χ0) is 14.0. The van der Waals surface area contributed by atoms with Gasteiger partial charge in [-0.05, 0) is 18.2 Å². The van der Waals surface area contributed by atoms with Crippen molar-refractivity contribution in [1.29, 1.82) is 5.26 Å². The van der Waals surface area contributed by atoms with E-state index in [9.17, 15) is 8.42 Å².